The van der Waals surface area contributed by atoms with Crippen molar-refractivity contribution in [3.8, 4) is 56.0 Å². The lowest BCUT2D eigenvalue weighted by atomic mass is 9.66. The summed E-state index contributed by atoms with van der Waals surface area (Å²) >= 11 is 1.89. The van der Waals surface area contributed by atoms with E-state index in [1.807, 2.05) is 11.8 Å². The summed E-state index contributed by atoms with van der Waals surface area (Å²) in [6, 6.07) is 116. The molecule has 13 aromatic rings. The van der Waals surface area contributed by atoms with Gasteiger partial charge in [-0.3, -0.25) is 0 Å². The van der Waals surface area contributed by atoms with Crippen LogP contribution in [-0.2, 0) is 16.2 Å². The maximum absolute atomic E-state index is 6.83. The molecule has 0 amide bonds. The molecule has 0 bridgehead atoms. The average Bonchev–Trinajstić information content (AvgIpc) is 2.53. The molecule has 0 aromatic heterocycles. The third kappa shape index (κ3) is 6.26. The van der Waals surface area contributed by atoms with Crippen LogP contribution >= 0.6 is 11.8 Å². The van der Waals surface area contributed by atoms with Crippen molar-refractivity contribution in [2.45, 2.75) is 26.0 Å². The molecule has 0 atom stereocenters. The second-order valence-electron chi connectivity index (χ2n) is 22.9. The summed E-state index contributed by atoms with van der Waals surface area (Å²) in [5.41, 5.74) is 26.6. The van der Waals surface area contributed by atoms with Crippen molar-refractivity contribution >= 4 is 28.8 Å². The molecule has 0 unspecified atom stereocenters. The van der Waals surface area contributed by atoms with Crippen molar-refractivity contribution in [3.05, 3.63) is 376 Å². The van der Waals surface area contributed by atoms with Crippen molar-refractivity contribution in [3.63, 3.8) is 0 Å². The Bertz CT molecular complexity index is 4750. The molecular formula is C81H51NOS. The Labute approximate surface area is 493 Å². The molecule has 2 nitrogen and oxygen atoms in total. The molecule has 5 aliphatic rings. The highest BCUT2D eigenvalue weighted by Crippen LogP contribution is 2.65. The van der Waals surface area contributed by atoms with Gasteiger partial charge in [-0.05, 0) is 167 Å². The van der Waals surface area contributed by atoms with E-state index in [1.54, 1.807) is 0 Å². The van der Waals surface area contributed by atoms with Crippen molar-refractivity contribution in [2.24, 2.45) is 0 Å². The summed E-state index contributed by atoms with van der Waals surface area (Å²) in [6.07, 6.45) is 0. The first-order valence-electron chi connectivity index (χ1n) is 29.1. The number of benzene rings is 13. The number of anilines is 3. The monoisotopic (exact) mass is 1090 g/mol. The molecule has 2 spiro atoms. The van der Waals surface area contributed by atoms with Gasteiger partial charge in [-0.2, -0.15) is 0 Å². The Morgan fingerprint density at radius 1 is 0.238 bits per heavy atom. The molecule has 18 rings (SSSR count). The molecule has 0 saturated heterocycles. The van der Waals surface area contributed by atoms with E-state index in [4.69, 9.17) is 4.74 Å². The standard InChI is InChI=1S/C81H51NOS/c1-3-23-54(24-4-1)79(55-25-5-2-6-26-55)65-31-10-7-28-59(65)62-45-42-53(49-73(62)79)52-22-21-27-56(48-52)82(57-44-47-68-64(50-57)61-30-9-12-33-67(61)80(68)71-36-15-19-40-77(71)84-78-41-20-16-37-72(78)80)58-43-46-63-60-29-8-11-32-66(60)81(74(63)51-58)69-34-13-17-38-75(69)83-76-39-18-14-35-70(76)81/h1-51H. The van der Waals surface area contributed by atoms with E-state index in [9.17, 15) is 0 Å². The number of fused-ring (bicyclic) bond motifs is 21. The van der Waals surface area contributed by atoms with Gasteiger partial charge in [0.05, 0.1) is 16.2 Å². The fourth-order valence-electron chi connectivity index (χ4n) is 15.9. The molecule has 0 radical (unpaired) electrons. The van der Waals surface area contributed by atoms with E-state index < -0.39 is 16.2 Å². The summed E-state index contributed by atoms with van der Waals surface area (Å²) in [4.78, 5) is 5.11. The number of hydrogen-bond donors (Lipinski definition) is 0. The molecular weight excluding hydrogens is 1030 g/mol. The molecule has 0 fully saturated rings. The van der Waals surface area contributed by atoms with E-state index in [1.165, 1.54) is 98.8 Å². The lowest BCUT2D eigenvalue weighted by Gasteiger charge is -2.40. The lowest BCUT2D eigenvalue weighted by Crippen LogP contribution is -2.32. The predicted molar refractivity (Wildman–Crippen MR) is 343 cm³/mol. The van der Waals surface area contributed by atoms with Crippen molar-refractivity contribution in [2.75, 3.05) is 4.90 Å². The molecule has 2 aliphatic heterocycles. The molecule has 0 N–H and O–H groups in total. The van der Waals surface area contributed by atoms with Crippen molar-refractivity contribution < 1.29 is 4.74 Å². The minimum atomic E-state index is -0.643. The number of ether oxygens (including phenoxy) is 1. The smallest absolute Gasteiger partial charge is 0.132 e. The van der Waals surface area contributed by atoms with Crippen LogP contribution in [0.2, 0.25) is 0 Å². The normalized spacial score (nSPS) is 14.8. The topological polar surface area (TPSA) is 12.5 Å². The zero-order valence-electron chi connectivity index (χ0n) is 45.7. The number of para-hydroxylation sites is 2. The maximum Gasteiger partial charge on any atom is 0.132 e. The first-order chi connectivity index (χ1) is 41.6. The SMILES string of the molecule is c1ccc(C2(c3ccccc3)c3ccccc3-c3ccc(-c4cccc(N(c5ccc6c(c5)-c5ccccc5C65c6ccccc6Sc6ccccc65)c5ccc6c(c5)C5(c7ccccc7Oc7ccccc75)c5ccccc5-6)c4)cc32)cc1. The minimum absolute atomic E-state index is 0.495. The van der Waals surface area contributed by atoms with Crippen LogP contribution in [0.25, 0.3) is 44.5 Å². The first-order valence-corrected chi connectivity index (χ1v) is 30.0. The van der Waals surface area contributed by atoms with Crippen LogP contribution < -0.4 is 9.64 Å². The van der Waals surface area contributed by atoms with Gasteiger partial charge in [-0.15, -0.1) is 0 Å². The van der Waals surface area contributed by atoms with Gasteiger partial charge in [0.25, 0.3) is 0 Å². The molecule has 13 aromatic carbocycles. The van der Waals surface area contributed by atoms with Gasteiger partial charge >= 0.3 is 0 Å². The zero-order chi connectivity index (χ0) is 55.1. The first kappa shape index (κ1) is 47.4. The van der Waals surface area contributed by atoms with Crippen LogP contribution in [0.5, 0.6) is 11.5 Å². The Morgan fingerprint density at radius 2 is 0.643 bits per heavy atom. The maximum atomic E-state index is 6.83. The number of nitrogens with zero attached hydrogens (tertiary/aromatic N) is 1. The molecule has 3 heteroatoms. The Morgan fingerprint density at radius 3 is 1.25 bits per heavy atom. The lowest BCUT2D eigenvalue weighted by molar-refractivity contribution is 0.436. The number of rotatable bonds is 6. The minimum Gasteiger partial charge on any atom is -0.457 e. The van der Waals surface area contributed by atoms with Gasteiger partial charge < -0.3 is 9.64 Å². The number of hydrogen-bond acceptors (Lipinski definition) is 3. The second-order valence-corrected chi connectivity index (χ2v) is 24.0. The van der Waals surface area contributed by atoms with Gasteiger partial charge in [0.1, 0.15) is 11.5 Å². The molecule has 3 aliphatic carbocycles. The predicted octanol–water partition coefficient (Wildman–Crippen LogP) is 20.5. The Kier molecular flexibility index (Phi) is 10.1. The quantitative estimate of drug-likeness (QED) is 0.165. The highest BCUT2D eigenvalue weighted by Gasteiger charge is 2.53. The van der Waals surface area contributed by atoms with Gasteiger partial charge in [0.15, 0.2) is 0 Å². The van der Waals surface area contributed by atoms with Crippen molar-refractivity contribution in [1.82, 2.24) is 0 Å². The molecule has 392 valence electrons. The highest BCUT2D eigenvalue weighted by atomic mass is 32.2. The van der Waals surface area contributed by atoms with Crippen LogP contribution in [-0.4, -0.2) is 0 Å². The van der Waals surface area contributed by atoms with Crippen LogP contribution in [0.15, 0.2) is 319 Å². The van der Waals surface area contributed by atoms with Gasteiger partial charge in [0, 0.05) is 38.0 Å². The second kappa shape index (κ2) is 17.9. The van der Waals surface area contributed by atoms with E-state index in [0.717, 1.165) is 50.8 Å². The Balaban J connectivity index is 0.879. The summed E-state index contributed by atoms with van der Waals surface area (Å²) in [5.74, 6) is 1.76. The Hall–Kier alpha value is -10.2. The molecule has 84 heavy (non-hydrogen) atoms. The van der Waals surface area contributed by atoms with Crippen molar-refractivity contribution in [1.29, 1.82) is 0 Å². The van der Waals surface area contributed by atoms with E-state index in [2.05, 4.69) is 314 Å². The fraction of sp³-hybridized carbons (Fsp3) is 0.0370. The van der Waals surface area contributed by atoms with E-state index in [0.29, 0.717) is 0 Å². The highest BCUT2D eigenvalue weighted by molar-refractivity contribution is 7.99. The zero-order valence-corrected chi connectivity index (χ0v) is 46.5. The van der Waals surface area contributed by atoms with Crippen LogP contribution in [0.3, 0.4) is 0 Å². The summed E-state index contributed by atoms with van der Waals surface area (Å²) in [7, 11) is 0. The average molecular weight is 1090 g/mol. The fourth-order valence-corrected chi connectivity index (χ4v) is 17.1. The third-order valence-electron chi connectivity index (χ3n) is 19.1. The molecule has 0 saturated carbocycles. The van der Waals surface area contributed by atoms with E-state index in [-0.39, 0.29) is 0 Å². The summed E-state index contributed by atoms with van der Waals surface area (Å²) in [6.45, 7) is 0. The van der Waals surface area contributed by atoms with Gasteiger partial charge in [0.2, 0.25) is 0 Å². The van der Waals surface area contributed by atoms with E-state index >= 15 is 0 Å². The van der Waals surface area contributed by atoms with Crippen LogP contribution in [0.1, 0.15) is 66.8 Å². The summed E-state index contributed by atoms with van der Waals surface area (Å²) < 4.78 is 6.83. The van der Waals surface area contributed by atoms with Crippen LogP contribution in [0.4, 0.5) is 17.1 Å². The van der Waals surface area contributed by atoms with Gasteiger partial charge in [-0.25, -0.2) is 0 Å². The third-order valence-corrected chi connectivity index (χ3v) is 20.2. The van der Waals surface area contributed by atoms with Gasteiger partial charge in [-0.1, -0.05) is 254 Å². The molecule has 2 heterocycles. The summed E-state index contributed by atoms with van der Waals surface area (Å²) in [5, 5.41) is 0. The largest absolute Gasteiger partial charge is 0.457 e. The van der Waals surface area contributed by atoms with Crippen LogP contribution in [0, 0.1) is 0 Å².